The molecule has 0 radical (unpaired) electrons. The maximum atomic E-state index is 12.6. The van der Waals surface area contributed by atoms with E-state index in [2.05, 4.69) is 0 Å². The number of ether oxygens (including phenoxy) is 2. The van der Waals surface area contributed by atoms with Gasteiger partial charge in [0.25, 0.3) is 0 Å². The number of halogens is 5. The Kier molecular flexibility index (Phi) is 7.22. The van der Waals surface area contributed by atoms with Crippen LogP contribution in [0, 0.1) is 28.6 Å². The van der Waals surface area contributed by atoms with E-state index in [4.69, 9.17) is 67.5 Å². The summed E-state index contributed by atoms with van der Waals surface area (Å²) in [6.07, 6.45) is 0.279. The predicted octanol–water partition coefficient (Wildman–Crippen LogP) is 6.48. The van der Waals surface area contributed by atoms with Gasteiger partial charge in [-0.25, -0.2) is 0 Å². The van der Waals surface area contributed by atoms with Crippen LogP contribution in [0.25, 0.3) is 0 Å². The van der Waals surface area contributed by atoms with Crippen molar-refractivity contribution in [1.29, 1.82) is 5.26 Å². The van der Waals surface area contributed by atoms with Crippen LogP contribution in [0.15, 0.2) is 35.0 Å². The molecule has 3 atom stereocenters. The van der Waals surface area contributed by atoms with Crippen molar-refractivity contribution in [2.75, 3.05) is 0 Å². The molecule has 1 aliphatic rings. The third-order valence-electron chi connectivity index (χ3n) is 4.55. The van der Waals surface area contributed by atoms with Gasteiger partial charge < -0.3 is 9.47 Å². The molecule has 0 saturated heterocycles. The second-order valence-electron chi connectivity index (χ2n) is 6.77. The minimum atomic E-state index is -1.45. The minimum absolute atomic E-state index is 0.0559. The summed E-state index contributed by atoms with van der Waals surface area (Å²) in [5.74, 6) is -0.687. The second kappa shape index (κ2) is 8.68. The molecule has 4 nitrogen and oxygen atoms in total. The Morgan fingerprint density at radius 1 is 1.37 bits per heavy atom. The van der Waals surface area contributed by atoms with Crippen molar-refractivity contribution in [3.63, 3.8) is 0 Å². The molecule has 27 heavy (non-hydrogen) atoms. The van der Waals surface area contributed by atoms with Gasteiger partial charge >= 0.3 is 5.97 Å². The molecule has 146 valence electrons. The van der Waals surface area contributed by atoms with Gasteiger partial charge in [-0.1, -0.05) is 84.0 Å². The molecule has 0 amide bonds. The fourth-order valence-corrected chi connectivity index (χ4v) is 3.65. The van der Waals surface area contributed by atoms with Gasteiger partial charge in [0.05, 0.1) is 5.92 Å². The van der Waals surface area contributed by atoms with Crippen molar-refractivity contribution in [3.05, 3.63) is 40.6 Å². The van der Waals surface area contributed by atoms with Gasteiger partial charge in [0.2, 0.25) is 6.10 Å². The van der Waals surface area contributed by atoms with Gasteiger partial charge in [0.1, 0.15) is 22.6 Å². The molecule has 3 unspecified atom stereocenters. The molecule has 0 aliphatic heterocycles. The van der Waals surface area contributed by atoms with Crippen LogP contribution in [-0.2, 0) is 9.53 Å². The van der Waals surface area contributed by atoms with Crippen molar-refractivity contribution >= 4 is 64.0 Å². The highest BCUT2D eigenvalue weighted by Gasteiger charge is 2.64. The van der Waals surface area contributed by atoms with Crippen molar-refractivity contribution in [3.8, 4) is 11.8 Å². The van der Waals surface area contributed by atoms with Crippen LogP contribution in [0.5, 0.6) is 5.75 Å². The van der Waals surface area contributed by atoms with Gasteiger partial charge in [-0.05, 0) is 29.9 Å². The number of carbonyl (C=O) groups excluding carboxylic acids is 1. The highest BCUT2D eigenvalue weighted by molar-refractivity contribution is 6.67. The zero-order chi connectivity index (χ0) is 20.4. The smallest absolute Gasteiger partial charge is 0.311 e. The lowest BCUT2D eigenvalue weighted by Gasteiger charge is -2.13. The van der Waals surface area contributed by atoms with E-state index in [0.717, 1.165) is 6.26 Å². The van der Waals surface area contributed by atoms with E-state index in [-0.39, 0.29) is 22.2 Å². The van der Waals surface area contributed by atoms with Crippen molar-refractivity contribution in [2.45, 2.75) is 30.2 Å². The molecule has 1 aromatic rings. The topological polar surface area (TPSA) is 59.3 Å². The highest BCUT2D eigenvalue weighted by atomic mass is 35.6. The molecule has 1 saturated carbocycles. The summed E-state index contributed by atoms with van der Waals surface area (Å²) in [4.78, 5) is 12.6. The Morgan fingerprint density at radius 2 is 2.04 bits per heavy atom. The Morgan fingerprint density at radius 3 is 2.59 bits per heavy atom. The molecular formula is C18H16Cl5NO3. The van der Waals surface area contributed by atoms with Crippen LogP contribution in [0.3, 0.4) is 0 Å². The first-order valence-corrected chi connectivity index (χ1v) is 9.79. The van der Waals surface area contributed by atoms with Crippen LogP contribution in [0.1, 0.15) is 31.9 Å². The van der Waals surface area contributed by atoms with Gasteiger partial charge in [-0.2, -0.15) is 5.26 Å². The number of esters is 1. The van der Waals surface area contributed by atoms with E-state index in [9.17, 15) is 10.1 Å². The fraction of sp³-hybridized carbons (Fsp3) is 0.444. The van der Waals surface area contributed by atoms with Crippen molar-refractivity contribution in [2.24, 2.45) is 17.3 Å². The molecule has 1 fully saturated rings. The number of hydrogen-bond donors (Lipinski definition) is 0. The zero-order valence-corrected chi connectivity index (χ0v) is 18.2. The lowest BCUT2D eigenvalue weighted by atomic mass is 10.1. The zero-order valence-electron chi connectivity index (χ0n) is 14.4. The van der Waals surface area contributed by atoms with E-state index < -0.39 is 21.8 Å². The molecule has 1 aliphatic carbocycles. The number of rotatable bonds is 6. The molecule has 0 aromatic heterocycles. The van der Waals surface area contributed by atoms with Gasteiger partial charge in [0, 0.05) is 5.56 Å². The van der Waals surface area contributed by atoms with E-state index in [0.29, 0.717) is 11.3 Å². The minimum Gasteiger partial charge on any atom is -0.462 e. The van der Waals surface area contributed by atoms with Gasteiger partial charge in [-0.3, -0.25) is 4.79 Å². The Hall–Kier alpha value is -0.830. The largest absolute Gasteiger partial charge is 0.462 e. The van der Waals surface area contributed by atoms with E-state index in [1.54, 1.807) is 24.3 Å². The Bertz CT molecular complexity index is 778. The van der Waals surface area contributed by atoms with Crippen LogP contribution in [0.4, 0.5) is 0 Å². The summed E-state index contributed by atoms with van der Waals surface area (Å²) < 4.78 is 9.17. The first-order chi connectivity index (χ1) is 12.5. The molecule has 0 bridgehead atoms. The molecule has 9 heteroatoms. The number of alkyl halides is 3. The van der Waals surface area contributed by atoms with E-state index in [1.165, 1.54) is 0 Å². The monoisotopic (exact) mass is 469 g/mol. The van der Waals surface area contributed by atoms with E-state index >= 15 is 0 Å². The fourth-order valence-electron chi connectivity index (χ4n) is 3.06. The Labute approximate surface area is 182 Å². The standard InChI is InChI=1S/C18H16Cl5NO3/c1-17(2)12(7-18(21,22)23)15(17)16(25)27-13(8-24)10-4-3-5-11(6-10)26-9-14(19)20/h3-6,9,12-13,15H,7H2,1-2H3. The maximum Gasteiger partial charge on any atom is 0.311 e. The maximum absolute atomic E-state index is 12.6. The number of nitrogens with zero attached hydrogens (tertiary/aromatic N) is 1. The van der Waals surface area contributed by atoms with Crippen LogP contribution in [-0.4, -0.2) is 9.76 Å². The molecule has 2 rings (SSSR count). The van der Waals surface area contributed by atoms with Gasteiger partial charge in [0.15, 0.2) is 3.79 Å². The number of benzene rings is 1. The molecular weight excluding hydrogens is 455 g/mol. The highest BCUT2D eigenvalue weighted by Crippen LogP contribution is 2.63. The lowest BCUT2D eigenvalue weighted by Crippen LogP contribution is -2.15. The molecule has 0 spiro atoms. The van der Waals surface area contributed by atoms with Gasteiger partial charge in [-0.15, -0.1) is 0 Å². The third kappa shape index (κ3) is 6.07. The summed E-state index contributed by atoms with van der Waals surface area (Å²) in [7, 11) is 0. The van der Waals surface area contributed by atoms with Crippen molar-refractivity contribution in [1.82, 2.24) is 0 Å². The van der Waals surface area contributed by atoms with Crippen LogP contribution >= 0.6 is 58.0 Å². The summed E-state index contributed by atoms with van der Waals surface area (Å²) >= 11 is 28.6. The van der Waals surface area contributed by atoms with Crippen LogP contribution in [0.2, 0.25) is 0 Å². The first kappa shape index (κ1) is 22.5. The molecule has 0 heterocycles. The van der Waals surface area contributed by atoms with Crippen LogP contribution < -0.4 is 4.74 Å². The summed E-state index contributed by atoms with van der Waals surface area (Å²) in [5.41, 5.74) is 0.0900. The number of hydrogen-bond acceptors (Lipinski definition) is 4. The summed E-state index contributed by atoms with van der Waals surface area (Å²) in [5, 5.41) is 9.44. The molecule has 1 aromatic carbocycles. The lowest BCUT2D eigenvalue weighted by molar-refractivity contribution is -0.149. The molecule has 0 N–H and O–H groups in total. The third-order valence-corrected chi connectivity index (χ3v) is 5.19. The number of carbonyl (C=O) groups is 1. The quantitative estimate of drug-likeness (QED) is 0.271. The average Bonchev–Trinajstić information content (AvgIpc) is 3.09. The average molecular weight is 472 g/mol. The second-order valence-corrected chi connectivity index (χ2v) is 10.3. The normalized spacial score (nSPS) is 21.6. The number of nitriles is 1. The van der Waals surface area contributed by atoms with E-state index in [1.807, 2.05) is 19.9 Å². The Balaban J connectivity index is 2.09. The van der Waals surface area contributed by atoms with Crippen molar-refractivity contribution < 1.29 is 14.3 Å². The predicted molar refractivity (Wildman–Crippen MR) is 107 cm³/mol. The summed E-state index contributed by atoms with van der Waals surface area (Å²) in [6.45, 7) is 3.80. The first-order valence-electron chi connectivity index (χ1n) is 7.90. The SMILES string of the molecule is CC1(C)C(CC(Cl)(Cl)Cl)C1C(=O)OC(C#N)c1cccc(OC=C(Cl)Cl)c1. The summed E-state index contributed by atoms with van der Waals surface area (Å²) in [6, 6.07) is 8.49.